The van der Waals surface area contributed by atoms with Crippen molar-refractivity contribution < 1.29 is 28.8 Å². The van der Waals surface area contributed by atoms with Crippen molar-refractivity contribution in [3.63, 3.8) is 0 Å². The molecule has 1 aliphatic carbocycles. The molecule has 41 heavy (non-hydrogen) atoms. The Balaban J connectivity index is 1.93. The van der Waals surface area contributed by atoms with E-state index in [-0.39, 0.29) is 23.7 Å². The van der Waals surface area contributed by atoms with E-state index in [1.807, 2.05) is 32.1 Å². The first-order chi connectivity index (χ1) is 19.7. The van der Waals surface area contributed by atoms with Crippen LogP contribution in [-0.4, -0.2) is 63.7 Å². The first kappa shape index (κ1) is 34.7. The van der Waals surface area contributed by atoms with Gasteiger partial charge in [-0.05, 0) is 79.7 Å². The Kier molecular flexibility index (Phi) is 15.9. The fourth-order valence-corrected chi connectivity index (χ4v) is 5.03. The number of benzene rings is 1. The van der Waals surface area contributed by atoms with Gasteiger partial charge in [0, 0.05) is 32.1 Å². The number of hydrogen-bond donors (Lipinski definition) is 3. The van der Waals surface area contributed by atoms with Gasteiger partial charge in [0.05, 0.1) is 26.4 Å². The van der Waals surface area contributed by atoms with Gasteiger partial charge in [0.25, 0.3) is 0 Å². The number of carbonyl (C=O) groups excluding carboxylic acids is 1. The van der Waals surface area contributed by atoms with E-state index in [1.165, 1.54) is 0 Å². The number of aliphatic hydroxyl groups excluding tert-OH is 1. The molecule has 1 aromatic carbocycles. The Bertz CT molecular complexity index is 961. The summed E-state index contributed by atoms with van der Waals surface area (Å²) < 4.78 is 22.3. The maximum atomic E-state index is 13.0. The van der Waals surface area contributed by atoms with Gasteiger partial charge in [-0.15, -0.1) is 0 Å². The second-order valence-electron chi connectivity index (χ2n) is 11.7. The van der Waals surface area contributed by atoms with Crippen molar-refractivity contribution in [3.8, 4) is 11.5 Å². The SMILES string of the molecule is COCCCOc1cc(C[C@@H](C[C@H](N)[C@@H](O)C[C@H](C(=O)NCCOC2=CCCC=C2)C(C)C)C(C)C)ccc1OC. The van der Waals surface area contributed by atoms with E-state index >= 15 is 0 Å². The van der Waals surface area contributed by atoms with Gasteiger partial charge in [-0.3, -0.25) is 4.79 Å². The van der Waals surface area contributed by atoms with Crippen LogP contribution in [0, 0.1) is 23.7 Å². The largest absolute Gasteiger partial charge is 0.493 e. The lowest BCUT2D eigenvalue weighted by atomic mass is 9.81. The van der Waals surface area contributed by atoms with E-state index in [0.717, 1.165) is 42.8 Å². The summed E-state index contributed by atoms with van der Waals surface area (Å²) in [5.41, 5.74) is 7.69. The molecule has 4 N–H and O–H groups in total. The lowest BCUT2D eigenvalue weighted by molar-refractivity contribution is -0.127. The van der Waals surface area contributed by atoms with Gasteiger partial charge in [0.1, 0.15) is 12.4 Å². The van der Waals surface area contributed by atoms with E-state index in [9.17, 15) is 9.90 Å². The van der Waals surface area contributed by atoms with Crippen molar-refractivity contribution in [1.82, 2.24) is 5.32 Å². The smallest absolute Gasteiger partial charge is 0.223 e. The third kappa shape index (κ3) is 12.5. The quantitative estimate of drug-likeness (QED) is 0.187. The predicted molar refractivity (Wildman–Crippen MR) is 164 cm³/mol. The molecule has 0 aliphatic heterocycles. The molecule has 232 valence electrons. The molecule has 0 radical (unpaired) electrons. The molecule has 0 fully saturated rings. The third-order valence-corrected chi connectivity index (χ3v) is 7.76. The number of carbonyl (C=O) groups is 1. The lowest BCUT2D eigenvalue weighted by Crippen LogP contribution is -2.43. The van der Waals surface area contributed by atoms with Crippen LogP contribution in [0.15, 0.2) is 42.2 Å². The van der Waals surface area contributed by atoms with Crippen LogP contribution < -0.4 is 20.5 Å². The second-order valence-corrected chi connectivity index (χ2v) is 11.7. The van der Waals surface area contributed by atoms with Crippen LogP contribution in [0.5, 0.6) is 11.5 Å². The molecular formula is C33H54N2O6. The summed E-state index contributed by atoms with van der Waals surface area (Å²) >= 11 is 0. The fraction of sp³-hybridized carbons (Fsp3) is 0.667. The molecule has 0 heterocycles. The highest BCUT2D eigenvalue weighted by Gasteiger charge is 2.29. The average molecular weight is 575 g/mol. The standard InChI is InChI=1S/C33H54N2O6/c1-23(2)26(19-25-13-14-31(39-6)32(20-25)41-17-10-16-38-5)21-29(34)30(36)22-28(24(3)4)33(37)35-15-18-40-27-11-8-7-9-12-27/h8,11-14,20,23-24,26,28-30,36H,7,9-10,15-19,21-22,34H2,1-6H3,(H,35,37)/t26-,28-,29-,30-/m0/s1. The van der Waals surface area contributed by atoms with Gasteiger partial charge < -0.3 is 35.1 Å². The molecule has 1 aliphatic rings. The van der Waals surface area contributed by atoms with Crippen molar-refractivity contribution in [2.24, 2.45) is 29.4 Å². The molecule has 1 aromatic rings. The van der Waals surface area contributed by atoms with Crippen LogP contribution in [0.4, 0.5) is 0 Å². The van der Waals surface area contributed by atoms with Gasteiger partial charge in [-0.25, -0.2) is 0 Å². The fourth-order valence-electron chi connectivity index (χ4n) is 5.03. The molecule has 0 bridgehead atoms. The maximum Gasteiger partial charge on any atom is 0.223 e. The predicted octanol–water partition coefficient (Wildman–Crippen LogP) is 5.03. The van der Waals surface area contributed by atoms with Crippen LogP contribution in [0.2, 0.25) is 0 Å². The molecule has 0 saturated carbocycles. The minimum absolute atomic E-state index is 0.0697. The minimum atomic E-state index is -0.779. The second kappa shape index (κ2) is 18.8. The topological polar surface area (TPSA) is 112 Å². The Hall–Kier alpha value is -2.55. The molecule has 0 spiro atoms. The van der Waals surface area contributed by atoms with E-state index < -0.39 is 12.1 Å². The average Bonchev–Trinajstić information content (AvgIpc) is 2.96. The number of ether oxygens (including phenoxy) is 4. The maximum absolute atomic E-state index is 13.0. The highest BCUT2D eigenvalue weighted by Crippen LogP contribution is 2.31. The number of amides is 1. The minimum Gasteiger partial charge on any atom is -0.493 e. The zero-order chi connectivity index (χ0) is 30.2. The Morgan fingerprint density at radius 3 is 2.41 bits per heavy atom. The molecular weight excluding hydrogens is 520 g/mol. The number of nitrogens with one attached hydrogen (secondary N) is 1. The van der Waals surface area contributed by atoms with Gasteiger partial charge >= 0.3 is 0 Å². The molecule has 8 nitrogen and oxygen atoms in total. The summed E-state index contributed by atoms with van der Waals surface area (Å²) in [5, 5.41) is 14.1. The van der Waals surface area contributed by atoms with Crippen LogP contribution in [0.1, 0.15) is 65.4 Å². The summed E-state index contributed by atoms with van der Waals surface area (Å²) in [7, 11) is 3.32. The normalized spacial score (nSPS) is 16.2. The van der Waals surface area contributed by atoms with Gasteiger partial charge in [-0.1, -0.05) is 39.8 Å². The summed E-state index contributed by atoms with van der Waals surface area (Å²) in [5.74, 6) is 2.56. The van der Waals surface area contributed by atoms with Crippen LogP contribution in [0.3, 0.4) is 0 Å². The molecule has 0 aromatic heterocycles. The van der Waals surface area contributed by atoms with Crippen molar-refractivity contribution in [1.29, 1.82) is 0 Å². The summed E-state index contributed by atoms with van der Waals surface area (Å²) in [6, 6.07) is 5.59. The molecule has 0 unspecified atom stereocenters. The van der Waals surface area contributed by atoms with E-state index in [4.69, 9.17) is 24.7 Å². The molecule has 4 atom stereocenters. The van der Waals surface area contributed by atoms with Crippen molar-refractivity contribution in [3.05, 3.63) is 47.7 Å². The van der Waals surface area contributed by atoms with E-state index in [2.05, 4.69) is 37.4 Å². The van der Waals surface area contributed by atoms with Gasteiger partial charge in [0.2, 0.25) is 5.91 Å². The number of hydrogen-bond acceptors (Lipinski definition) is 7. The zero-order valence-electron chi connectivity index (χ0n) is 26.1. The van der Waals surface area contributed by atoms with Crippen molar-refractivity contribution >= 4 is 5.91 Å². The van der Waals surface area contributed by atoms with Crippen molar-refractivity contribution in [2.45, 2.75) is 78.4 Å². The van der Waals surface area contributed by atoms with Crippen LogP contribution >= 0.6 is 0 Å². The highest BCUT2D eigenvalue weighted by molar-refractivity contribution is 5.78. The Morgan fingerprint density at radius 2 is 1.78 bits per heavy atom. The number of rotatable bonds is 20. The molecule has 0 saturated heterocycles. The number of methoxy groups -OCH3 is 2. The van der Waals surface area contributed by atoms with Crippen molar-refractivity contribution in [2.75, 3.05) is 40.6 Å². The number of allylic oxidation sites excluding steroid dienone is 3. The van der Waals surface area contributed by atoms with Gasteiger partial charge in [-0.2, -0.15) is 0 Å². The van der Waals surface area contributed by atoms with Crippen LogP contribution in [-0.2, 0) is 20.7 Å². The Labute approximate surface area is 247 Å². The van der Waals surface area contributed by atoms with E-state index in [1.54, 1.807) is 14.2 Å². The number of nitrogens with two attached hydrogens (primary N) is 1. The first-order valence-corrected chi connectivity index (χ1v) is 15.2. The monoisotopic (exact) mass is 574 g/mol. The first-order valence-electron chi connectivity index (χ1n) is 15.2. The highest BCUT2D eigenvalue weighted by atomic mass is 16.5. The van der Waals surface area contributed by atoms with E-state index in [0.29, 0.717) is 50.9 Å². The molecule has 8 heteroatoms. The van der Waals surface area contributed by atoms with Gasteiger partial charge in [0.15, 0.2) is 11.5 Å². The summed E-state index contributed by atoms with van der Waals surface area (Å²) in [6.07, 6.45) is 9.93. The zero-order valence-corrected chi connectivity index (χ0v) is 26.1. The molecule has 1 amide bonds. The Morgan fingerprint density at radius 1 is 1.00 bits per heavy atom. The number of aliphatic hydroxyl groups is 1. The van der Waals surface area contributed by atoms with Crippen LogP contribution in [0.25, 0.3) is 0 Å². The summed E-state index contributed by atoms with van der Waals surface area (Å²) in [6.45, 7) is 10.4. The summed E-state index contributed by atoms with van der Waals surface area (Å²) in [4.78, 5) is 13.0. The third-order valence-electron chi connectivity index (χ3n) is 7.76. The molecule has 2 rings (SSSR count). The lowest BCUT2D eigenvalue weighted by Gasteiger charge is -2.30.